The van der Waals surface area contributed by atoms with Crippen LogP contribution in [-0.2, 0) is 0 Å². The standard InChI is InChI=1S/C17H12N4O/c18-12-13-4-1-5-14(10-13)17(22)20-15-6-2-7-16(11-15)21-9-3-8-19-21/h1-11H,(H,20,22). The predicted molar refractivity (Wildman–Crippen MR) is 82.7 cm³/mol. The van der Waals surface area contributed by atoms with E-state index in [2.05, 4.69) is 10.4 Å². The highest BCUT2D eigenvalue weighted by molar-refractivity contribution is 6.04. The molecule has 0 radical (unpaired) electrons. The van der Waals surface area contributed by atoms with E-state index in [9.17, 15) is 4.79 Å². The maximum atomic E-state index is 12.2. The van der Waals surface area contributed by atoms with Gasteiger partial charge in [0, 0.05) is 23.6 Å². The van der Waals surface area contributed by atoms with Crippen LogP contribution in [0.3, 0.4) is 0 Å². The molecule has 0 bridgehead atoms. The van der Waals surface area contributed by atoms with Gasteiger partial charge in [-0.05, 0) is 42.5 Å². The van der Waals surface area contributed by atoms with Crippen LogP contribution in [0.5, 0.6) is 0 Å². The lowest BCUT2D eigenvalue weighted by Crippen LogP contribution is -2.12. The molecule has 1 N–H and O–H groups in total. The van der Waals surface area contributed by atoms with E-state index in [1.54, 1.807) is 41.2 Å². The topological polar surface area (TPSA) is 70.7 Å². The zero-order valence-electron chi connectivity index (χ0n) is 11.6. The average Bonchev–Trinajstić information content (AvgIpc) is 3.10. The number of anilines is 1. The van der Waals surface area contributed by atoms with Gasteiger partial charge in [-0.1, -0.05) is 12.1 Å². The number of amides is 1. The van der Waals surface area contributed by atoms with Crippen LogP contribution in [0.25, 0.3) is 5.69 Å². The van der Waals surface area contributed by atoms with Crippen LogP contribution in [0.2, 0.25) is 0 Å². The molecule has 5 nitrogen and oxygen atoms in total. The van der Waals surface area contributed by atoms with Crippen LogP contribution >= 0.6 is 0 Å². The van der Waals surface area contributed by atoms with Gasteiger partial charge >= 0.3 is 0 Å². The molecule has 0 fully saturated rings. The Hall–Kier alpha value is -3.39. The van der Waals surface area contributed by atoms with Crippen molar-refractivity contribution in [3.63, 3.8) is 0 Å². The zero-order valence-corrected chi connectivity index (χ0v) is 11.6. The number of nitriles is 1. The van der Waals surface area contributed by atoms with Crippen molar-refractivity contribution in [1.82, 2.24) is 9.78 Å². The van der Waals surface area contributed by atoms with Gasteiger partial charge in [-0.3, -0.25) is 4.79 Å². The number of nitrogens with one attached hydrogen (secondary N) is 1. The van der Waals surface area contributed by atoms with E-state index in [1.807, 2.05) is 36.5 Å². The molecule has 1 heterocycles. The molecule has 0 atom stereocenters. The molecule has 1 amide bonds. The Labute approximate surface area is 127 Å². The van der Waals surface area contributed by atoms with Crippen molar-refractivity contribution < 1.29 is 4.79 Å². The first-order valence-electron chi connectivity index (χ1n) is 6.68. The van der Waals surface area contributed by atoms with Crippen molar-refractivity contribution in [1.29, 1.82) is 5.26 Å². The quantitative estimate of drug-likeness (QED) is 0.805. The summed E-state index contributed by atoms with van der Waals surface area (Å²) in [5, 5.41) is 15.9. The molecule has 3 rings (SSSR count). The first-order chi connectivity index (χ1) is 10.8. The van der Waals surface area contributed by atoms with Crippen LogP contribution < -0.4 is 5.32 Å². The third-order valence-electron chi connectivity index (χ3n) is 3.13. The number of carbonyl (C=O) groups excluding carboxylic acids is 1. The summed E-state index contributed by atoms with van der Waals surface area (Å²) in [6.07, 6.45) is 3.52. The Bertz CT molecular complexity index is 847. The van der Waals surface area contributed by atoms with Crippen molar-refractivity contribution in [3.05, 3.63) is 78.1 Å². The molecule has 0 aliphatic carbocycles. The number of rotatable bonds is 3. The fourth-order valence-electron chi connectivity index (χ4n) is 2.08. The summed E-state index contributed by atoms with van der Waals surface area (Å²) >= 11 is 0. The number of carbonyl (C=O) groups is 1. The maximum Gasteiger partial charge on any atom is 0.255 e. The number of aromatic nitrogens is 2. The molecule has 0 unspecified atom stereocenters. The van der Waals surface area contributed by atoms with Crippen LogP contribution in [-0.4, -0.2) is 15.7 Å². The molecular weight excluding hydrogens is 276 g/mol. The van der Waals surface area contributed by atoms with E-state index in [-0.39, 0.29) is 5.91 Å². The molecular formula is C17H12N4O. The molecule has 22 heavy (non-hydrogen) atoms. The van der Waals surface area contributed by atoms with Crippen molar-refractivity contribution >= 4 is 11.6 Å². The smallest absolute Gasteiger partial charge is 0.255 e. The minimum absolute atomic E-state index is 0.255. The third kappa shape index (κ3) is 2.86. The van der Waals surface area contributed by atoms with Gasteiger partial charge in [0.25, 0.3) is 5.91 Å². The summed E-state index contributed by atoms with van der Waals surface area (Å²) in [6.45, 7) is 0. The van der Waals surface area contributed by atoms with E-state index in [0.29, 0.717) is 16.8 Å². The monoisotopic (exact) mass is 288 g/mol. The summed E-state index contributed by atoms with van der Waals surface area (Å²) in [7, 11) is 0. The summed E-state index contributed by atoms with van der Waals surface area (Å²) < 4.78 is 1.71. The van der Waals surface area contributed by atoms with E-state index in [0.717, 1.165) is 5.69 Å². The Morgan fingerprint density at radius 1 is 1.14 bits per heavy atom. The normalized spacial score (nSPS) is 9.95. The first kappa shape index (κ1) is 13.6. The fraction of sp³-hybridized carbons (Fsp3) is 0. The van der Waals surface area contributed by atoms with Gasteiger partial charge in [0.05, 0.1) is 17.3 Å². The van der Waals surface area contributed by atoms with Crippen LogP contribution in [0.1, 0.15) is 15.9 Å². The van der Waals surface area contributed by atoms with Crippen LogP contribution in [0.15, 0.2) is 67.0 Å². The molecule has 3 aromatic rings. The number of hydrogen-bond acceptors (Lipinski definition) is 3. The number of hydrogen-bond donors (Lipinski definition) is 1. The second-order valence-corrected chi connectivity index (χ2v) is 4.65. The van der Waals surface area contributed by atoms with Gasteiger partial charge in [-0.25, -0.2) is 4.68 Å². The van der Waals surface area contributed by atoms with Gasteiger partial charge in [0.15, 0.2) is 0 Å². The average molecular weight is 288 g/mol. The van der Waals surface area contributed by atoms with E-state index in [4.69, 9.17) is 5.26 Å². The third-order valence-corrected chi connectivity index (χ3v) is 3.13. The minimum atomic E-state index is -0.255. The van der Waals surface area contributed by atoms with Gasteiger partial charge in [0.1, 0.15) is 0 Å². The lowest BCUT2D eigenvalue weighted by atomic mass is 10.1. The van der Waals surface area contributed by atoms with E-state index < -0.39 is 0 Å². The molecule has 0 spiro atoms. The summed E-state index contributed by atoms with van der Waals surface area (Å²) in [4.78, 5) is 12.2. The first-order valence-corrected chi connectivity index (χ1v) is 6.68. The zero-order chi connectivity index (χ0) is 15.4. The second-order valence-electron chi connectivity index (χ2n) is 4.65. The summed E-state index contributed by atoms with van der Waals surface area (Å²) in [5.74, 6) is -0.255. The van der Waals surface area contributed by atoms with Gasteiger partial charge in [-0.15, -0.1) is 0 Å². The maximum absolute atomic E-state index is 12.2. The molecule has 0 saturated carbocycles. The highest BCUT2D eigenvalue weighted by Crippen LogP contribution is 2.15. The fourth-order valence-corrected chi connectivity index (χ4v) is 2.08. The molecule has 0 aliphatic rings. The Balaban J connectivity index is 1.82. The summed E-state index contributed by atoms with van der Waals surface area (Å²) in [6, 6.07) is 17.8. The molecule has 0 saturated heterocycles. The Morgan fingerprint density at radius 2 is 2.00 bits per heavy atom. The van der Waals surface area contributed by atoms with Gasteiger partial charge in [0.2, 0.25) is 0 Å². The lowest BCUT2D eigenvalue weighted by Gasteiger charge is -2.08. The SMILES string of the molecule is N#Cc1cccc(C(=O)Nc2cccc(-n3cccn3)c2)c1. The Kier molecular flexibility index (Phi) is 3.67. The van der Waals surface area contributed by atoms with Crippen molar-refractivity contribution in [3.8, 4) is 11.8 Å². The molecule has 0 aliphatic heterocycles. The highest BCUT2D eigenvalue weighted by Gasteiger charge is 2.07. The predicted octanol–water partition coefficient (Wildman–Crippen LogP) is 3.00. The number of benzene rings is 2. The molecule has 1 aromatic heterocycles. The Morgan fingerprint density at radius 3 is 2.77 bits per heavy atom. The van der Waals surface area contributed by atoms with Crippen molar-refractivity contribution in [2.24, 2.45) is 0 Å². The van der Waals surface area contributed by atoms with E-state index >= 15 is 0 Å². The van der Waals surface area contributed by atoms with Crippen molar-refractivity contribution in [2.75, 3.05) is 5.32 Å². The molecule has 2 aromatic carbocycles. The highest BCUT2D eigenvalue weighted by atomic mass is 16.1. The van der Waals surface area contributed by atoms with Gasteiger partial charge < -0.3 is 5.32 Å². The summed E-state index contributed by atoms with van der Waals surface area (Å²) in [5.41, 5.74) is 2.43. The minimum Gasteiger partial charge on any atom is -0.322 e. The van der Waals surface area contributed by atoms with E-state index in [1.165, 1.54) is 0 Å². The molecule has 106 valence electrons. The van der Waals surface area contributed by atoms with Gasteiger partial charge in [-0.2, -0.15) is 10.4 Å². The van der Waals surface area contributed by atoms with Crippen molar-refractivity contribution in [2.45, 2.75) is 0 Å². The second kappa shape index (κ2) is 5.94. The van der Waals surface area contributed by atoms with Crippen LogP contribution in [0, 0.1) is 11.3 Å². The lowest BCUT2D eigenvalue weighted by molar-refractivity contribution is 0.102. The number of nitrogens with zero attached hydrogens (tertiary/aromatic N) is 3. The molecule has 5 heteroatoms. The van der Waals surface area contributed by atoms with Crippen LogP contribution in [0.4, 0.5) is 5.69 Å². The largest absolute Gasteiger partial charge is 0.322 e.